The predicted octanol–water partition coefficient (Wildman–Crippen LogP) is 2.25. The third-order valence-electron chi connectivity index (χ3n) is 4.73. The first-order valence-electron chi connectivity index (χ1n) is 8.03. The Hall–Kier alpha value is -1.88. The van der Waals surface area contributed by atoms with Gasteiger partial charge in [-0.15, -0.1) is 4.40 Å². The summed E-state index contributed by atoms with van der Waals surface area (Å²) in [7, 11) is -4.22. The molecule has 26 heavy (non-hydrogen) atoms. The van der Waals surface area contributed by atoms with Crippen molar-refractivity contribution >= 4 is 27.2 Å². The molecule has 4 rings (SSSR count). The van der Waals surface area contributed by atoms with E-state index in [9.17, 15) is 31.1 Å². The summed E-state index contributed by atoms with van der Waals surface area (Å²) in [6, 6.07) is -0.437. The molecule has 0 radical (unpaired) electrons. The summed E-state index contributed by atoms with van der Waals surface area (Å²) in [4.78, 5) is 0.310. The highest BCUT2D eigenvalue weighted by molar-refractivity contribution is 7.90. The van der Waals surface area contributed by atoms with Gasteiger partial charge in [0.25, 0.3) is 10.0 Å². The number of aliphatic hydroxyl groups excluding tert-OH is 1. The molecule has 0 bridgehead atoms. The van der Waals surface area contributed by atoms with E-state index in [0.717, 1.165) is 29.9 Å². The van der Waals surface area contributed by atoms with Crippen LogP contribution in [0.25, 0.3) is 0 Å². The number of alkyl halides is 3. The molecule has 1 saturated carbocycles. The number of nitrogens with zero attached hydrogens (tertiary/aromatic N) is 2. The highest BCUT2D eigenvalue weighted by atomic mass is 32.2. The summed E-state index contributed by atoms with van der Waals surface area (Å²) in [6.45, 7) is -0.377. The van der Waals surface area contributed by atoms with Crippen LogP contribution in [0.3, 0.4) is 0 Å². The topological polar surface area (TPSA) is 82.0 Å². The van der Waals surface area contributed by atoms with Crippen molar-refractivity contribution in [1.82, 2.24) is 0 Å². The number of halogens is 4. The zero-order valence-corrected chi connectivity index (χ0v) is 14.1. The number of sulfonamides is 1. The van der Waals surface area contributed by atoms with Crippen LogP contribution in [0.2, 0.25) is 0 Å². The summed E-state index contributed by atoms with van der Waals surface area (Å²) >= 11 is 0. The van der Waals surface area contributed by atoms with E-state index >= 15 is 0 Å². The molecule has 0 aromatic heterocycles. The molecule has 1 aliphatic carbocycles. The normalized spacial score (nSPS) is 27.7. The smallest absolute Gasteiger partial charge is 0.391 e. The van der Waals surface area contributed by atoms with Crippen molar-refractivity contribution in [1.29, 1.82) is 0 Å². The molecule has 2 fully saturated rings. The fourth-order valence-corrected chi connectivity index (χ4v) is 4.60. The van der Waals surface area contributed by atoms with Gasteiger partial charge in [-0.1, -0.05) is 0 Å². The Labute approximate surface area is 146 Å². The van der Waals surface area contributed by atoms with Crippen LogP contribution >= 0.6 is 0 Å². The molecule has 1 saturated heterocycles. The fraction of sp³-hybridized carbons (Fsp3) is 0.533. The van der Waals surface area contributed by atoms with Crippen molar-refractivity contribution in [3.8, 4) is 0 Å². The highest BCUT2D eigenvalue weighted by Crippen LogP contribution is 2.45. The van der Waals surface area contributed by atoms with E-state index in [1.165, 1.54) is 0 Å². The van der Waals surface area contributed by atoms with Crippen molar-refractivity contribution in [3.63, 3.8) is 0 Å². The molecule has 11 heteroatoms. The average molecular weight is 393 g/mol. The summed E-state index contributed by atoms with van der Waals surface area (Å²) in [5, 5.41) is 12.5. The van der Waals surface area contributed by atoms with Gasteiger partial charge in [0.15, 0.2) is 0 Å². The number of anilines is 2. The molecule has 0 spiro atoms. The van der Waals surface area contributed by atoms with Crippen LogP contribution in [-0.4, -0.2) is 44.2 Å². The fourth-order valence-electron chi connectivity index (χ4n) is 3.38. The van der Waals surface area contributed by atoms with Crippen LogP contribution in [0.15, 0.2) is 21.4 Å². The second-order valence-corrected chi connectivity index (χ2v) is 8.32. The van der Waals surface area contributed by atoms with Gasteiger partial charge in [0.1, 0.15) is 22.6 Å². The Bertz CT molecular complexity index is 896. The zero-order valence-electron chi connectivity index (χ0n) is 13.3. The zero-order chi connectivity index (χ0) is 18.9. The number of benzene rings is 1. The lowest BCUT2D eigenvalue weighted by Gasteiger charge is -2.31. The molecule has 2 atom stereocenters. The molecule has 2 unspecified atom stereocenters. The maximum atomic E-state index is 14.0. The van der Waals surface area contributed by atoms with Gasteiger partial charge in [-0.2, -0.15) is 21.6 Å². The molecule has 2 aliphatic heterocycles. The first-order valence-corrected chi connectivity index (χ1v) is 9.47. The number of nitrogens with one attached hydrogen (secondary N) is 1. The lowest BCUT2D eigenvalue weighted by atomic mass is 10.1. The van der Waals surface area contributed by atoms with E-state index in [0.29, 0.717) is 0 Å². The molecular weight excluding hydrogens is 378 g/mol. The van der Waals surface area contributed by atoms with E-state index in [-0.39, 0.29) is 29.7 Å². The molecule has 3 aliphatic rings. The Balaban J connectivity index is 1.86. The first-order chi connectivity index (χ1) is 12.1. The van der Waals surface area contributed by atoms with Crippen LogP contribution in [0.1, 0.15) is 19.3 Å². The van der Waals surface area contributed by atoms with Crippen molar-refractivity contribution in [2.24, 2.45) is 10.3 Å². The standard InChI is InChI=1S/C15H15F4N3O3S/c16-8-3-10(22-6-9(23)5-12(22)15(17,18)19)13-11(4-8)26(24,25)21-14(20-13)7-1-2-7/h3-4,7,9,12,23H,1-2,5-6H2,(H,20,21). The molecule has 6 nitrogen and oxygen atoms in total. The van der Waals surface area contributed by atoms with Crippen LogP contribution < -0.4 is 10.2 Å². The largest absolute Gasteiger partial charge is 0.408 e. The third-order valence-corrected chi connectivity index (χ3v) is 6.04. The number of fused-ring (bicyclic) bond motifs is 1. The van der Waals surface area contributed by atoms with Crippen molar-refractivity contribution in [3.05, 3.63) is 17.9 Å². The Morgan fingerprint density at radius 2 is 1.96 bits per heavy atom. The van der Waals surface area contributed by atoms with Gasteiger partial charge in [0.2, 0.25) is 0 Å². The number of rotatable bonds is 2. The summed E-state index contributed by atoms with van der Waals surface area (Å²) in [6.07, 6.45) is -5.03. The van der Waals surface area contributed by atoms with Crippen molar-refractivity contribution in [2.75, 3.05) is 16.8 Å². The summed E-state index contributed by atoms with van der Waals surface area (Å²) in [5.41, 5.74) is -0.359. The molecule has 0 amide bonds. The maximum absolute atomic E-state index is 14.0. The van der Waals surface area contributed by atoms with Crippen LogP contribution in [0.5, 0.6) is 0 Å². The maximum Gasteiger partial charge on any atom is 0.408 e. The van der Waals surface area contributed by atoms with Gasteiger partial charge in [-0.25, -0.2) is 4.39 Å². The molecule has 142 valence electrons. The predicted molar refractivity (Wildman–Crippen MR) is 85.2 cm³/mol. The molecule has 1 aromatic carbocycles. The monoisotopic (exact) mass is 393 g/mol. The summed E-state index contributed by atoms with van der Waals surface area (Å²) < 4.78 is 82.5. The van der Waals surface area contributed by atoms with Gasteiger partial charge < -0.3 is 15.3 Å². The van der Waals surface area contributed by atoms with Gasteiger partial charge in [0.05, 0.1) is 17.5 Å². The molecule has 2 N–H and O–H groups in total. The van der Waals surface area contributed by atoms with Crippen molar-refractivity contribution < 1.29 is 31.1 Å². The average Bonchev–Trinajstić information content (AvgIpc) is 3.28. The minimum atomic E-state index is -4.66. The molecular formula is C15H15F4N3O3S. The number of hydrogen-bond acceptors (Lipinski definition) is 5. The quantitative estimate of drug-likeness (QED) is 0.754. The Morgan fingerprint density at radius 1 is 1.27 bits per heavy atom. The van der Waals surface area contributed by atoms with Crippen molar-refractivity contribution in [2.45, 2.75) is 42.5 Å². The number of aliphatic hydroxyl groups is 1. The molecule has 1 aromatic rings. The number of hydrogen-bond donors (Lipinski definition) is 2. The lowest BCUT2D eigenvalue weighted by molar-refractivity contribution is -0.147. The minimum absolute atomic E-state index is 0.0987. The first kappa shape index (κ1) is 17.5. The van der Waals surface area contributed by atoms with Crippen LogP contribution in [0, 0.1) is 11.7 Å². The molecule has 2 heterocycles. The number of amidine groups is 1. The van der Waals surface area contributed by atoms with Gasteiger partial charge in [0, 0.05) is 18.9 Å². The van der Waals surface area contributed by atoms with E-state index < -0.39 is 45.5 Å². The minimum Gasteiger partial charge on any atom is -0.391 e. The van der Waals surface area contributed by atoms with E-state index in [1.807, 2.05) is 0 Å². The number of β-amino-alcohol motifs (C(OH)–C–C–N with tert-alkyl or cyclic N) is 1. The third kappa shape index (κ3) is 2.92. The SMILES string of the molecule is O=S1(=O)N=C(C2CC2)Nc2c(N3CC(O)CC3C(F)(F)F)cc(F)cc21. The van der Waals surface area contributed by atoms with Gasteiger partial charge in [-0.3, -0.25) is 0 Å². The second-order valence-electron chi connectivity index (χ2n) is 6.75. The Kier molecular flexibility index (Phi) is 3.75. The second kappa shape index (κ2) is 5.56. The van der Waals surface area contributed by atoms with Gasteiger partial charge in [-0.05, 0) is 25.0 Å². The lowest BCUT2D eigenvalue weighted by Crippen LogP contribution is -2.42. The van der Waals surface area contributed by atoms with Crippen LogP contribution in [-0.2, 0) is 10.0 Å². The van der Waals surface area contributed by atoms with Gasteiger partial charge >= 0.3 is 6.18 Å². The van der Waals surface area contributed by atoms with E-state index in [2.05, 4.69) is 9.71 Å². The Morgan fingerprint density at radius 3 is 2.58 bits per heavy atom. The highest BCUT2D eigenvalue weighted by Gasteiger charge is 2.50. The summed E-state index contributed by atoms with van der Waals surface area (Å²) in [5.74, 6) is -0.927. The van der Waals surface area contributed by atoms with E-state index in [4.69, 9.17) is 0 Å². The van der Waals surface area contributed by atoms with E-state index in [1.54, 1.807) is 0 Å². The van der Waals surface area contributed by atoms with Crippen LogP contribution in [0.4, 0.5) is 28.9 Å².